The molecule has 5 nitrogen and oxygen atoms in total. The summed E-state index contributed by atoms with van der Waals surface area (Å²) in [7, 11) is 0. The van der Waals surface area contributed by atoms with Gasteiger partial charge in [-0.15, -0.1) is 0 Å². The number of hydrogen-bond acceptors (Lipinski definition) is 5. The van der Waals surface area contributed by atoms with Crippen LogP contribution in [0.5, 0.6) is 0 Å². The van der Waals surface area contributed by atoms with Crippen LogP contribution in [-0.2, 0) is 25.7 Å². The first kappa shape index (κ1) is 19.3. The SMILES string of the molecule is CCOC(=O)C(CC)C(=O)CCC(O)COCc1ccccc1. The summed E-state index contributed by atoms with van der Waals surface area (Å²) in [5, 5.41) is 9.88. The van der Waals surface area contributed by atoms with Crippen LogP contribution in [0, 0.1) is 5.92 Å². The molecule has 128 valence electrons. The van der Waals surface area contributed by atoms with Crippen LogP contribution in [0.3, 0.4) is 0 Å². The zero-order chi connectivity index (χ0) is 17.1. The van der Waals surface area contributed by atoms with E-state index in [1.54, 1.807) is 13.8 Å². The minimum atomic E-state index is -0.729. The molecule has 0 saturated heterocycles. The topological polar surface area (TPSA) is 72.8 Å². The first-order valence-corrected chi connectivity index (χ1v) is 8.07. The van der Waals surface area contributed by atoms with Crippen molar-refractivity contribution in [1.82, 2.24) is 0 Å². The number of carbonyl (C=O) groups is 2. The maximum atomic E-state index is 12.0. The molecule has 0 fully saturated rings. The van der Waals surface area contributed by atoms with Crippen LogP contribution in [0.25, 0.3) is 0 Å². The summed E-state index contributed by atoms with van der Waals surface area (Å²) >= 11 is 0. The smallest absolute Gasteiger partial charge is 0.316 e. The highest BCUT2D eigenvalue weighted by atomic mass is 16.5. The molecule has 23 heavy (non-hydrogen) atoms. The highest BCUT2D eigenvalue weighted by Crippen LogP contribution is 2.12. The van der Waals surface area contributed by atoms with Crippen molar-refractivity contribution in [2.24, 2.45) is 5.92 Å². The van der Waals surface area contributed by atoms with E-state index in [9.17, 15) is 14.7 Å². The van der Waals surface area contributed by atoms with E-state index in [1.807, 2.05) is 30.3 Å². The van der Waals surface area contributed by atoms with Crippen molar-refractivity contribution in [2.45, 2.75) is 45.8 Å². The number of benzene rings is 1. The van der Waals surface area contributed by atoms with Crippen molar-refractivity contribution in [3.05, 3.63) is 35.9 Å². The van der Waals surface area contributed by atoms with E-state index < -0.39 is 18.0 Å². The van der Waals surface area contributed by atoms with E-state index >= 15 is 0 Å². The Morgan fingerprint density at radius 2 is 1.87 bits per heavy atom. The summed E-state index contributed by atoms with van der Waals surface area (Å²) < 4.78 is 10.3. The third-order valence-corrected chi connectivity index (χ3v) is 3.51. The lowest BCUT2D eigenvalue weighted by atomic mass is 9.96. The number of ketones is 1. The number of rotatable bonds is 11. The molecule has 0 amide bonds. The first-order valence-electron chi connectivity index (χ1n) is 8.07. The van der Waals surface area contributed by atoms with E-state index in [-0.39, 0.29) is 31.8 Å². The van der Waals surface area contributed by atoms with Crippen LogP contribution < -0.4 is 0 Å². The van der Waals surface area contributed by atoms with Crippen molar-refractivity contribution < 1.29 is 24.2 Å². The van der Waals surface area contributed by atoms with Crippen LogP contribution in [0.1, 0.15) is 38.7 Å². The van der Waals surface area contributed by atoms with E-state index in [0.717, 1.165) is 5.56 Å². The fourth-order valence-corrected chi connectivity index (χ4v) is 2.22. The molecular weight excluding hydrogens is 296 g/mol. The first-order chi connectivity index (χ1) is 11.1. The predicted molar refractivity (Wildman–Crippen MR) is 86.8 cm³/mol. The fourth-order valence-electron chi connectivity index (χ4n) is 2.22. The summed E-state index contributed by atoms with van der Waals surface area (Å²) in [5.41, 5.74) is 1.03. The van der Waals surface area contributed by atoms with Gasteiger partial charge in [0.05, 0.1) is 25.9 Å². The molecule has 2 atom stereocenters. The van der Waals surface area contributed by atoms with Gasteiger partial charge in [0, 0.05) is 6.42 Å². The molecule has 1 rings (SSSR count). The van der Waals surface area contributed by atoms with Gasteiger partial charge < -0.3 is 14.6 Å². The Hall–Kier alpha value is -1.72. The highest BCUT2D eigenvalue weighted by Gasteiger charge is 2.26. The van der Waals surface area contributed by atoms with Gasteiger partial charge in [0.25, 0.3) is 0 Å². The zero-order valence-electron chi connectivity index (χ0n) is 13.9. The lowest BCUT2D eigenvalue weighted by Gasteiger charge is -2.14. The van der Waals surface area contributed by atoms with Crippen molar-refractivity contribution in [1.29, 1.82) is 0 Å². The maximum absolute atomic E-state index is 12.0. The number of ether oxygens (including phenoxy) is 2. The van der Waals surface area contributed by atoms with Gasteiger partial charge in [0.15, 0.2) is 0 Å². The molecule has 0 radical (unpaired) electrons. The maximum Gasteiger partial charge on any atom is 0.316 e. The van der Waals surface area contributed by atoms with Crippen LogP contribution in [-0.4, -0.2) is 36.2 Å². The lowest BCUT2D eigenvalue weighted by Crippen LogP contribution is -2.27. The molecule has 0 heterocycles. The average Bonchev–Trinajstić information content (AvgIpc) is 2.55. The zero-order valence-corrected chi connectivity index (χ0v) is 13.9. The van der Waals surface area contributed by atoms with Crippen molar-refractivity contribution in [3.63, 3.8) is 0 Å². The molecule has 0 aromatic heterocycles. The van der Waals surface area contributed by atoms with Crippen molar-refractivity contribution in [2.75, 3.05) is 13.2 Å². The normalized spacial score (nSPS) is 13.3. The molecule has 2 unspecified atom stereocenters. The Kier molecular flexibility index (Phi) is 9.17. The number of carbonyl (C=O) groups excluding carboxylic acids is 2. The summed E-state index contributed by atoms with van der Waals surface area (Å²) in [5.74, 6) is -1.39. The fraction of sp³-hybridized carbons (Fsp3) is 0.556. The average molecular weight is 322 g/mol. The summed E-state index contributed by atoms with van der Waals surface area (Å²) in [6, 6.07) is 9.67. The Balaban J connectivity index is 2.27. The Morgan fingerprint density at radius 1 is 1.17 bits per heavy atom. The molecular formula is C18H26O5. The van der Waals surface area contributed by atoms with Crippen LogP contribution >= 0.6 is 0 Å². The number of esters is 1. The molecule has 0 aliphatic heterocycles. The molecule has 1 N–H and O–H groups in total. The van der Waals surface area contributed by atoms with Crippen molar-refractivity contribution >= 4 is 11.8 Å². The molecule has 0 bridgehead atoms. The van der Waals surface area contributed by atoms with Gasteiger partial charge in [-0.25, -0.2) is 0 Å². The third kappa shape index (κ3) is 7.39. The molecule has 1 aromatic rings. The number of hydrogen-bond donors (Lipinski definition) is 1. The third-order valence-electron chi connectivity index (χ3n) is 3.51. The quantitative estimate of drug-likeness (QED) is 0.500. The second-order valence-electron chi connectivity index (χ2n) is 5.37. The molecule has 0 aliphatic rings. The van der Waals surface area contributed by atoms with E-state index in [4.69, 9.17) is 9.47 Å². The summed E-state index contributed by atoms with van der Waals surface area (Å²) in [6.07, 6.45) is 0.122. The second kappa shape index (κ2) is 10.9. The molecule has 0 aliphatic carbocycles. The van der Waals surface area contributed by atoms with Gasteiger partial charge in [-0.2, -0.15) is 0 Å². The van der Waals surface area contributed by atoms with E-state index in [0.29, 0.717) is 13.0 Å². The van der Waals surface area contributed by atoms with Crippen molar-refractivity contribution in [3.8, 4) is 0 Å². The summed E-state index contributed by atoms with van der Waals surface area (Å²) in [6.45, 7) is 4.34. The minimum Gasteiger partial charge on any atom is -0.465 e. The molecule has 0 saturated carbocycles. The van der Waals surface area contributed by atoms with Gasteiger partial charge in [-0.1, -0.05) is 37.3 Å². The highest BCUT2D eigenvalue weighted by molar-refractivity contribution is 5.98. The Labute approximate surface area is 137 Å². The van der Waals surface area contributed by atoms with E-state index in [1.165, 1.54) is 0 Å². The Morgan fingerprint density at radius 3 is 2.48 bits per heavy atom. The Bertz CT molecular complexity index is 472. The molecule has 1 aromatic carbocycles. The minimum absolute atomic E-state index is 0.146. The lowest BCUT2D eigenvalue weighted by molar-refractivity contribution is -0.151. The summed E-state index contributed by atoms with van der Waals surface area (Å²) in [4.78, 5) is 23.7. The number of Topliss-reactive ketones (excluding diaryl/α,β-unsaturated/α-hetero) is 1. The van der Waals surface area contributed by atoms with Crippen LogP contribution in [0.2, 0.25) is 0 Å². The molecule has 5 heteroatoms. The standard InChI is InChI=1S/C18H26O5/c1-3-16(18(21)23-4-2)17(20)11-10-15(19)13-22-12-14-8-6-5-7-9-14/h5-9,15-16,19H,3-4,10-13H2,1-2H3. The van der Waals surface area contributed by atoms with Crippen LogP contribution in [0.15, 0.2) is 30.3 Å². The van der Waals surface area contributed by atoms with Gasteiger partial charge in [0.2, 0.25) is 0 Å². The predicted octanol–water partition coefficient (Wildman–Crippen LogP) is 2.50. The van der Waals surface area contributed by atoms with Gasteiger partial charge in [-0.3, -0.25) is 9.59 Å². The van der Waals surface area contributed by atoms with E-state index in [2.05, 4.69) is 0 Å². The largest absolute Gasteiger partial charge is 0.465 e. The van der Waals surface area contributed by atoms with Gasteiger partial charge >= 0.3 is 5.97 Å². The number of aliphatic hydroxyl groups excluding tert-OH is 1. The monoisotopic (exact) mass is 322 g/mol. The number of aliphatic hydroxyl groups is 1. The van der Waals surface area contributed by atoms with Crippen LogP contribution in [0.4, 0.5) is 0 Å². The second-order valence-corrected chi connectivity index (χ2v) is 5.37. The van der Waals surface area contributed by atoms with Gasteiger partial charge in [-0.05, 0) is 25.3 Å². The molecule has 0 spiro atoms. The van der Waals surface area contributed by atoms with Gasteiger partial charge in [0.1, 0.15) is 11.7 Å².